The van der Waals surface area contributed by atoms with Gasteiger partial charge in [0.15, 0.2) is 5.69 Å². The molecule has 1 unspecified atom stereocenters. The van der Waals surface area contributed by atoms with Crippen LogP contribution in [0.5, 0.6) is 0 Å². The van der Waals surface area contributed by atoms with Gasteiger partial charge in [0.2, 0.25) is 0 Å². The summed E-state index contributed by atoms with van der Waals surface area (Å²) < 4.78 is 0. The molecular weight excluding hydrogens is 270 g/mol. The molecule has 1 atom stereocenters. The lowest BCUT2D eigenvalue weighted by atomic mass is 10.1. The fraction of sp³-hybridized carbons (Fsp3) is 0.286. The van der Waals surface area contributed by atoms with Crippen molar-refractivity contribution in [1.29, 1.82) is 0 Å². The van der Waals surface area contributed by atoms with E-state index in [-0.39, 0.29) is 17.7 Å². The van der Waals surface area contributed by atoms with Crippen LogP contribution in [0.3, 0.4) is 0 Å². The van der Waals surface area contributed by atoms with Crippen molar-refractivity contribution in [3.8, 4) is 11.3 Å². The second kappa shape index (κ2) is 5.74. The van der Waals surface area contributed by atoms with Gasteiger partial charge in [0.1, 0.15) is 11.8 Å². The molecule has 0 saturated heterocycles. The molecule has 0 bridgehead atoms. The first-order valence-corrected chi connectivity index (χ1v) is 6.70. The standard InChI is InChI=1S/C14H15N5O2/c1-9-7-11(18-21-9)8-15-14(20)13-12(16-19-17-13)10-5-3-2-4-6-10/h2-6,9H,7-8H2,1H3,(H,15,20)(H,16,17,19). The molecule has 0 aliphatic carbocycles. The van der Waals surface area contributed by atoms with Crippen LogP contribution in [-0.4, -0.2) is 39.7 Å². The molecule has 1 aliphatic heterocycles. The summed E-state index contributed by atoms with van der Waals surface area (Å²) in [6.45, 7) is 2.29. The molecule has 2 aromatic rings. The van der Waals surface area contributed by atoms with Crippen LogP contribution >= 0.6 is 0 Å². The van der Waals surface area contributed by atoms with E-state index in [1.165, 1.54) is 0 Å². The molecule has 7 nitrogen and oxygen atoms in total. The molecule has 2 N–H and O–H groups in total. The van der Waals surface area contributed by atoms with E-state index in [0.29, 0.717) is 12.2 Å². The molecule has 1 aliphatic rings. The Morgan fingerprint density at radius 3 is 2.90 bits per heavy atom. The van der Waals surface area contributed by atoms with Gasteiger partial charge in [-0.1, -0.05) is 35.5 Å². The molecule has 1 amide bonds. The third kappa shape index (κ3) is 2.91. The highest BCUT2D eigenvalue weighted by molar-refractivity contribution is 6.00. The van der Waals surface area contributed by atoms with Crippen LogP contribution in [0.1, 0.15) is 23.8 Å². The molecule has 7 heteroatoms. The Hall–Kier alpha value is -2.70. The van der Waals surface area contributed by atoms with Crippen LogP contribution in [0.25, 0.3) is 11.3 Å². The fourth-order valence-electron chi connectivity index (χ4n) is 2.13. The lowest BCUT2D eigenvalue weighted by Gasteiger charge is -2.03. The molecule has 108 valence electrons. The number of oxime groups is 1. The van der Waals surface area contributed by atoms with Crippen LogP contribution in [0, 0.1) is 0 Å². The lowest BCUT2D eigenvalue weighted by Crippen LogP contribution is -2.30. The minimum atomic E-state index is -0.287. The summed E-state index contributed by atoms with van der Waals surface area (Å²) in [5, 5.41) is 17.2. The number of hydrogen-bond acceptors (Lipinski definition) is 5. The number of carbonyl (C=O) groups excluding carboxylic acids is 1. The zero-order valence-electron chi connectivity index (χ0n) is 11.5. The Labute approximate surface area is 121 Å². The van der Waals surface area contributed by atoms with E-state index in [1.807, 2.05) is 37.3 Å². The monoisotopic (exact) mass is 285 g/mol. The van der Waals surface area contributed by atoms with Crippen LogP contribution in [0.4, 0.5) is 0 Å². The van der Waals surface area contributed by atoms with Crippen molar-refractivity contribution >= 4 is 11.6 Å². The van der Waals surface area contributed by atoms with Crippen molar-refractivity contribution in [1.82, 2.24) is 20.7 Å². The number of amides is 1. The van der Waals surface area contributed by atoms with Gasteiger partial charge < -0.3 is 10.2 Å². The van der Waals surface area contributed by atoms with E-state index >= 15 is 0 Å². The smallest absolute Gasteiger partial charge is 0.274 e. The van der Waals surface area contributed by atoms with Gasteiger partial charge in [-0.2, -0.15) is 15.4 Å². The highest BCUT2D eigenvalue weighted by Crippen LogP contribution is 2.18. The second-order valence-electron chi connectivity index (χ2n) is 4.85. The Balaban J connectivity index is 1.70. The first kappa shape index (κ1) is 13.3. The zero-order chi connectivity index (χ0) is 14.7. The molecule has 1 aromatic heterocycles. The van der Waals surface area contributed by atoms with Crippen molar-refractivity contribution in [2.24, 2.45) is 5.16 Å². The Morgan fingerprint density at radius 2 is 2.19 bits per heavy atom. The average molecular weight is 285 g/mol. The van der Waals surface area contributed by atoms with E-state index in [2.05, 4.69) is 25.9 Å². The number of carbonyl (C=O) groups is 1. The van der Waals surface area contributed by atoms with Gasteiger partial charge in [-0.3, -0.25) is 4.79 Å². The summed E-state index contributed by atoms with van der Waals surface area (Å²) in [6, 6.07) is 9.44. The van der Waals surface area contributed by atoms with Crippen molar-refractivity contribution in [2.75, 3.05) is 6.54 Å². The summed E-state index contributed by atoms with van der Waals surface area (Å²) in [4.78, 5) is 17.3. The van der Waals surface area contributed by atoms with Gasteiger partial charge in [0.25, 0.3) is 5.91 Å². The van der Waals surface area contributed by atoms with E-state index in [1.54, 1.807) is 0 Å². The van der Waals surface area contributed by atoms with Crippen molar-refractivity contribution in [3.63, 3.8) is 0 Å². The van der Waals surface area contributed by atoms with Gasteiger partial charge in [0, 0.05) is 12.0 Å². The van der Waals surface area contributed by atoms with Crippen LogP contribution in [0.15, 0.2) is 35.5 Å². The molecule has 0 saturated carbocycles. The second-order valence-corrected chi connectivity index (χ2v) is 4.85. The maximum atomic E-state index is 12.2. The largest absolute Gasteiger partial charge is 0.392 e. The number of H-pyrrole nitrogens is 1. The van der Waals surface area contributed by atoms with Gasteiger partial charge >= 0.3 is 0 Å². The lowest BCUT2D eigenvalue weighted by molar-refractivity contribution is 0.0954. The molecule has 0 radical (unpaired) electrons. The molecule has 1 aromatic carbocycles. The molecule has 2 heterocycles. The summed E-state index contributed by atoms with van der Waals surface area (Å²) in [5.41, 5.74) is 2.46. The number of aromatic nitrogens is 3. The van der Waals surface area contributed by atoms with Crippen LogP contribution < -0.4 is 5.32 Å². The predicted octanol–water partition coefficient (Wildman–Crippen LogP) is 1.37. The predicted molar refractivity (Wildman–Crippen MR) is 76.8 cm³/mol. The quantitative estimate of drug-likeness (QED) is 0.887. The maximum Gasteiger partial charge on any atom is 0.274 e. The molecular formula is C14H15N5O2. The van der Waals surface area contributed by atoms with Crippen LogP contribution in [0.2, 0.25) is 0 Å². The fourth-order valence-corrected chi connectivity index (χ4v) is 2.13. The number of hydrogen-bond donors (Lipinski definition) is 2. The van der Waals surface area contributed by atoms with Gasteiger partial charge in [-0.15, -0.1) is 0 Å². The first-order valence-electron chi connectivity index (χ1n) is 6.70. The van der Waals surface area contributed by atoms with Gasteiger partial charge in [0.05, 0.1) is 12.3 Å². The summed E-state index contributed by atoms with van der Waals surface area (Å²) in [6.07, 6.45) is 0.800. The SMILES string of the molecule is CC1CC(CNC(=O)c2n[nH]nc2-c2ccccc2)=NO1. The maximum absolute atomic E-state index is 12.2. The van der Waals surface area contributed by atoms with E-state index in [0.717, 1.165) is 17.7 Å². The summed E-state index contributed by atoms with van der Waals surface area (Å²) in [7, 11) is 0. The van der Waals surface area contributed by atoms with E-state index in [4.69, 9.17) is 4.84 Å². The normalized spacial score (nSPS) is 17.2. The topological polar surface area (TPSA) is 92.3 Å². The molecule has 0 spiro atoms. The third-order valence-corrected chi connectivity index (χ3v) is 3.15. The molecule has 3 rings (SSSR count). The van der Waals surface area contributed by atoms with E-state index in [9.17, 15) is 4.79 Å². The number of aromatic amines is 1. The highest BCUT2D eigenvalue weighted by Gasteiger charge is 2.20. The number of rotatable bonds is 4. The average Bonchev–Trinajstić information content (AvgIpc) is 3.14. The zero-order valence-corrected chi connectivity index (χ0v) is 11.5. The van der Waals surface area contributed by atoms with Crippen LogP contribution in [-0.2, 0) is 4.84 Å². The minimum Gasteiger partial charge on any atom is -0.392 e. The number of benzene rings is 1. The summed E-state index contributed by atoms with van der Waals surface area (Å²) >= 11 is 0. The Bertz CT molecular complexity index is 665. The van der Waals surface area contributed by atoms with Gasteiger partial charge in [-0.05, 0) is 6.92 Å². The minimum absolute atomic E-state index is 0.0730. The van der Waals surface area contributed by atoms with Gasteiger partial charge in [-0.25, -0.2) is 0 Å². The Kier molecular flexibility index (Phi) is 3.63. The summed E-state index contributed by atoms with van der Waals surface area (Å²) in [5.74, 6) is -0.287. The number of nitrogens with one attached hydrogen (secondary N) is 2. The van der Waals surface area contributed by atoms with Crippen molar-refractivity contribution in [3.05, 3.63) is 36.0 Å². The van der Waals surface area contributed by atoms with E-state index < -0.39 is 0 Å². The first-order chi connectivity index (χ1) is 10.2. The number of nitrogens with zero attached hydrogens (tertiary/aromatic N) is 3. The third-order valence-electron chi connectivity index (χ3n) is 3.15. The highest BCUT2D eigenvalue weighted by atomic mass is 16.6. The molecule has 21 heavy (non-hydrogen) atoms. The van der Waals surface area contributed by atoms with Crippen molar-refractivity contribution in [2.45, 2.75) is 19.4 Å². The molecule has 0 fully saturated rings. The van der Waals surface area contributed by atoms with Crippen molar-refractivity contribution < 1.29 is 9.63 Å². The Morgan fingerprint density at radius 1 is 1.38 bits per heavy atom.